The molecule has 2 amide bonds. The van der Waals surface area contributed by atoms with Gasteiger partial charge >= 0.3 is 5.91 Å². The van der Waals surface area contributed by atoms with Gasteiger partial charge in [0.15, 0.2) is 5.76 Å². The molecule has 0 saturated heterocycles. The highest BCUT2D eigenvalue weighted by atomic mass is 16.4. The van der Waals surface area contributed by atoms with Crippen molar-refractivity contribution in [2.24, 2.45) is 0 Å². The topological polar surface area (TPSA) is 92.4 Å². The molecule has 8 nitrogen and oxygen atoms in total. The van der Waals surface area contributed by atoms with E-state index in [1.807, 2.05) is 61.5 Å². The summed E-state index contributed by atoms with van der Waals surface area (Å²) in [6, 6.07) is 20.7. The average Bonchev–Trinajstić information content (AvgIpc) is 3.54. The van der Waals surface area contributed by atoms with Gasteiger partial charge in [0.25, 0.3) is 5.91 Å². The number of benzene rings is 2. The SMILES string of the molecule is CCN(CC)Cc1ccc(C(=O)NNC(=O)c2cn(-c3ccc(C)cc3)nc2-c2ccccc2)o1. The first kappa shape index (κ1) is 24.0. The second kappa shape index (κ2) is 10.8. The molecule has 4 aromatic rings. The van der Waals surface area contributed by atoms with Gasteiger partial charge < -0.3 is 4.42 Å². The summed E-state index contributed by atoms with van der Waals surface area (Å²) in [6.45, 7) is 8.53. The van der Waals surface area contributed by atoms with Gasteiger partial charge in [-0.1, -0.05) is 61.9 Å². The molecule has 0 fully saturated rings. The summed E-state index contributed by atoms with van der Waals surface area (Å²) in [6.07, 6.45) is 1.66. The van der Waals surface area contributed by atoms with Gasteiger partial charge in [-0.05, 0) is 44.3 Å². The third-order valence-corrected chi connectivity index (χ3v) is 5.75. The standard InChI is InChI=1S/C27H29N5O3/c1-4-31(5-2)17-22-15-16-24(35-22)27(34)29-28-26(33)23-18-32(21-13-11-19(3)12-14-21)30-25(23)20-9-7-6-8-10-20/h6-16,18H,4-5,17H2,1-3H3,(H,28,33)(H,29,34). The zero-order valence-corrected chi connectivity index (χ0v) is 20.1. The first-order valence-corrected chi connectivity index (χ1v) is 11.6. The van der Waals surface area contributed by atoms with Crippen molar-refractivity contribution in [3.63, 3.8) is 0 Å². The lowest BCUT2D eigenvalue weighted by Gasteiger charge is -2.15. The molecule has 2 heterocycles. The maximum Gasteiger partial charge on any atom is 0.305 e. The van der Waals surface area contributed by atoms with E-state index in [4.69, 9.17) is 4.42 Å². The molecule has 35 heavy (non-hydrogen) atoms. The van der Waals surface area contributed by atoms with Crippen molar-refractivity contribution in [2.45, 2.75) is 27.3 Å². The fraction of sp³-hybridized carbons (Fsp3) is 0.222. The molecule has 4 rings (SSSR count). The Bertz CT molecular complexity index is 1290. The first-order chi connectivity index (χ1) is 17.0. The molecule has 2 aromatic carbocycles. The number of hydrogen-bond donors (Lipinski definition) is 2. The lowest BCUT2D eigenvalue weighted by molar-refractivity contribution is 0.0829. The minimum atomic E-state index is -0.531. The summed E-state index contributed by atoms with van der Waals surface area (Å²) in [5.74, 6) is -0.191. The maximum atomic E-state index is 13.1. The molecule has 180 valence electrons. The number of aromatic nitrogens is 2. The van der Waals surface area contributed by atoms with Crippen LogP contribution < -0.4 is 10.9 Å². The second-order valence-corrected chi connectivity index (χ2v) is 8.17. The first-order valence-electron chi connectivity index (χ1n) is 11.6. The highest BCUT2D eigenvalue weighted by Crippen LogP contribution is 2.23. The fourth-order valence-electron chi connectivity index (χ4n) is 3.67. The Hall–Kier alpha value is -4.17. The van der Waals surface area contributed by atoms with Crippen molar-refractivity contribution in [1.29, 1.82) is 0 Å². The van der Waals surface area contributed by atoms with Crippen LogP contribution in [-0.4, -0.2) is 39.6 Å². The van der Waals surface area contributed by atoms with E-state index in [1.165, 1.54) is 0 Å². The number of aryl methyl sites for hydroxylation is 1. The van der Waals surface area contributed by atoms with Crippen LogP contribution in [0.2, 0.25) is 0 Å². The molecule has 2 aromatic heterocycles. The number of amides is 2. The summed E-state index contributed by atoms with van der Waals surface area (Å²) in [7, 11) is 0. The molecule has 0 atom stereocenters. The van der Waals surface area contributed by atoms with E-state index in [1.54, 1.807) is 23.0 Å². The van der Waals surface area contributed by atoms with Crippen LogP contribution in [0.25, 0.3) is 16.9 Å². The molecular formula is C27H29N5O3. The predicted molar refractivity (Wildman–Crippen MR) is 134 cm³/mol. The van der Waals surface area contributed by atoms with Crippen LogP contribution in [-0.2, 0) is 6.54 Å². The van der Waals surface area contributed by atoms with Crippen LogP contribution in [0, 0.1) is 6.92 Å². The number of carbonyl (C=O) groups is 2. The zero-order valence-electron chi connectivity index (χ0n) is 20.1. The van der Waals surface area contributed by atoms with Gasteiger partial charge in [-0.15, -0.1) is 0 Å². The Kier molecular flexibility index (Phi) is 7.42. The molecule has 0 radical (unpaired) electrons. The summed E-state index contributed by atoms with van der Waals surface area (Å²) >= 11 is 0. The Morgan fingerprint density at radius 1 is 0.914 bits per heavy atom. The summed E-state index contributed by atoms with van der Waals surface area (Å²) < 4.78 is 7.32. The van der Waals surface area contributed by atoms with Gasteiger partial charge in [0.05, 0.1) is 17.8 Å². The van der Waals surface area contributed by atoms with E-state index in [-0.39, 0.29) is 5.76 Å². The van der Waals surface area contributed by atoms with E-state index < -0.39 is 11.8 Å². The van der Waals surface area contributed by atoms with Gasteiger partial charge in [0, 0.05) is 11.8 Å². The molecule has 2 N–H and O–H groups in total. The highest BCUT2D eigenvalue weighted by molar-refractivity contribution is 6.01. The minimum Gasteiger partial charge on any atom is -0.454 e. The van der Waals surface area contributed by atoms with Gasteiger partial charge in [-0.3, -0.25) is 25.3 Å². The summed E-state index contributed by atoms with van der Waals surface area (Å²) in [4.78, 5) is 27.8. The van der Waals surface area contributed by atoms with E-state index in [0.717, 1.165) is 29.9 Å². The Morgan fingerprint density at radius 3 is 2.29 bits per heavy atom. The molecule has 0 aliphatic rings. The number of nitrogens with zero attached hydrogens (tertiary/aromatic N) is 3. The van der Waals surface area contributed by atoms with Crippen LogP contribution in [0.1, 0.15) is 46.1 Å². The fourth-order valence-corrected chi connectivity index (χ4v) is 3.67. The van der Waals surface area contributed by atoms with E-state index >= 15 is 0 Å². The Balaban J connectivity index is 1.51. The molecule has 0 spiro atoms. The van der Waals surface area contributed by atoms with Crippen LogP contribution in [0.5, 0.6) is 0 Å². The average molecular weight is 472 g/mol. The molecule has 0 unspecified atom stereocenters. The second-order valence-electron chi connectivity index (χ2n) is 8.17. The number of furan rings is 1. The number of rotatable bonds is 8. The van der Waals surface area contributed by atoms with Crippen LogP contribution in [0.3, 0.4) is 0 Å². The zero-order chi connectivity index (χ0) is 24.8. The Labute approximate surface area is 204 Å². The summed E-state index contributed by atoms with van der Waals surface area (Å²) in [5.41, 5.74) is 8.53. The van der Waals surface area contributed by atoms with E-state index in [9.17, 15) is 9.59 Å². The molecule has 0 aliphatic carbocycles. The Morgan fingerprint density at radius 2 is 1.60 bits per heavy atom. The van der Waals surface area contributed by atoms with Crippen LogP contribution in [0.15, 0.2) is 77.3 Å². The molecule has 0 saturated carbocycles. The quantitative estimate of drug-likeness (QED) is 0.373. The van der Waals surface area contributed by atoms with Gasteiger partial charge in [-0.2, -0.15) is 5.10 Å². The van der Waals surface area contributed by atoms with Gasteiger partial charge in [-0.25, -0.2) is 4.68 Å². The minimum absolute atomic E-state index is 0.131. The van der Waals surface area contributed by atoms with Crippen molar-refractivity contribution in [2.75, 3.05) is 13.1 Å². The lowest BCUT2D eigenvalue weighted by Crippen LogP contribution is -2.41. The largest absolute Gasteiger partial charge is 0.454 e. The van der Waals surface area contributed by atoms with Crippen LogP contribution >= 0.6 is 0 Å². The highest BCUT2D eigenvalue weighted by Gasteiger charge is 2.20. The molecule has 0 aliphatic heterocycles. The van der Waals surface area contributed by atoms with Crippen molar-refractivity contribution in [3.8, 4) is 16.9 Å². The monoisotopic (exact) mass is 471 g/mol. The molecular weight excluding hydrogens is 442 g/mol. The number of hydrazine groups is 1. The number of nitrogens with one attached hydrogen (secondary N) is 2. The predicted octanol–water partition coefficient (Wildman–Crippen LogP) is 4.36. The van der Waals surface area contributed by atoms with Crippen molar-refractivity contribution in [3.05, 3.63) is 95.6 Å². The number of hydrogen-bond acceptors (Lipinski definition) is 5. The van der Waals surface area contributed by atoms with E-state index in [2.05, 4.69) is 34.7 Å². The van der Waals surface area contributed by atoms with Gasteiger partial charge in [0.1, 0.15) is 11.5 Å². The van der Waals surface area contributed by atoms with Crippen molar-refractivity contribution in [1.82, 2.24) is 25.5 Å². The number of carbonyl (C=O) groups excluding carboxylic acids is 2. The van der Waals surface area contributed by atoms with Crippen LogP contribution in [0.4, 0.5) is 0 Å². The molecule has 0 bridgehead atoms. The normalized spacial score (nSPS) is 11.0. The van der Waals surface area contributed by atoms with Crippen molar-refractivity contribution >= 4 is 11.8 Å². The smallest absolute Gasteiger partial charge is 0.305 e. The van der Waals surface area contributed by atoms with E-state index in [0.29, 0.717) is 23.6 Å². The maximum absolute atomic E-state index is 13.1. The van der Waals surface area contributed by atoms with Gasteiger partial charge in [0.2, 0.25) is 0 Å². The molecule has 8 heteroatoms. The van der Waals surface area contributed by atoms with Crippen molar-refractivity contribution < 1.29 is 14.0 Å². The summed E-state index contributed by atoms with van der Waals surface area (Å²) in [5, 5.41) is 4.65. The third-order valence-electron chi connectivity index (χ3n) is 5.75. The third kappa shape index (κ3) is 5.67. The lowest BCUT2D eigenvalue weighted by atomic mass is 10.1.